The number of carbonyl (C=O) groups excluding carboxylic acids is 1. The second kappa shape index (κ2) is 5.14. The van der Waals surface area contributed by atoms with Crippen molar-refractivity contribution in [3.63, 3.8) is 0 Å². The summed E-state index contributed by atoms with van der Waals surface area (Å²) in [5, 5.41) is 0.642. The zero-order valence-electron chi connectivity index (χ0n) is 12.2. The highest BCUT2D eigenvalue weighted by atomic mass is 79.9. The fourth-order valence-corrected chi connectivity index (χ4v) is 3.38. The van der Waals surface area contributed by atoms with E-state index in [-0.39, 0.29) is 4.90 Å². The minimum atomic E-state index is -3.47. The molecule has 0 fully saturated rings. The van der Waals surface area contributed by atoms with Crippen LogP contribution in [0.3, 0.4) is 0 Å². The van der Waals surface area contributed by atoms with Crippen molar-refractivity contribution in [3.8, 4) is 0 Å². The number of benzene rings is 1. The topological polar surface area (TPSA) is 65.4 Å². The van der Waals surface area contributed by atoms with Crippen LogP contribution in [0.5, 0.6) is 0 Å². The summed E-state index contributed by atoms with van der Waals surface area (Å²) in [4.78, 5) is 12.4. The minimum absolute atomic E-state index is 0.0940. The molecule has 2 rings (SSSR count). The van der Waals surface area contributed by atoms with Crippen LogP contribution in [0, 0.1) is 0 Å². The van der Waals surface area contributed by atoms with Crippen molar-refractivity contribution in [2.24, 2.45) is 0 Å². The van der Waals surface area contributed by atoms with E-state index in [1.165, 1.54) is 16.8 Å². The lowest BCUT2D eigenvalue weighted by Gasteiger charge is -2.20. The van der Waals surface area contributed by atoms with Gasteiger partial charge in [0.15, 0.2) is 9.84 Å². The molecule has 0 aliphatic heterocycles. The average molecular weight is 374 g/mol. The quantitative estimate of drug-likeness (QED) is 0.765. The molecule has 0 N–H and O–H groups in total. The van der Waals surface area contributed by atoms with Crippen LogP contribution in [0.1, 0.15) is 20.8 Å². The first kappa shape index (κ1) is 16.0. The molecule has 0 bridgehead atoms. The number of hydrogen-bond donors (Lipinski definition) is 0. The third-order valence-electron chi connectivity index (χ3n) is 2.73. The number of sulfone groups is 1. The Balaban J connectivity index is 2.74. The minimum Gasteiger partial charge on any atom is -0.443 e. The number of hydrogen-bond acceptors (Lipinski definition) is 4. The first-order valence-corrected chi connectivity index (χ1v) is 8.92. The van der Waals surface area contributed by atoms with Gasteiger partial charge in [-0.3, -0.25) is 4.57 Å². The van der Waals surface area contributed by atoms with Gasteiger partial charge in [0.2, 0.25) is 0 Å². The van der Waals surface area contributed by atoms with E-state index in [0.717, 1.165) is 6.26 Å². The van der Waals surface area contributed by atoms with Crippen LogP contribution in [0.25, 0.3) is 10.9 Å². The number of ether oxygens (including phenoxy) is 1. The van der Waals surface area contributed by atoms with Gasteiger partial charge in [0.05, 0.1) is 10.4 Å². The molecule has 7 heteroatoms. The van der Waals surface area contributed by atoms with Crippen LogP contribution >= 0.6 is 15.9 Å². The molecular weight excluding hydrogens is 358 g/mol. The van der Waals surface area contributed by atoms with Crippen LogP contribution in [0.2, 0.25) is 0 Å². The molecule has 0 saturated heterocycles. The number of aromatic nitrogens is 1. The maximum absolute atomic E-state index is 12.3. The van der Waals surface area contributed by atoms with Crippen molar-refractivity contribution in [3.05, 3.63) is 28.9 Å². The van der Waals surface area contributed by atoms with Crippen LogP contribution < -0.4 is 0 Å². The lowest BCUT2D eigenvalue weighted by Crippen LogP contribution is -2.27. The van der Waals surface area contributed by atoms with E-state index < -0.39 is 21.5 Å². The van der Waals surface area contributed by atoms with Gasteiger partial charge < -0.3 is 4.74 Å². The molecule has 0 amide bonds. The van der Waals surface area contributed by atoms with Crippen molar-refractivity contribution in [1.29, 1.82) is 0 Å². The van der Waals surface area contributed by atoms with Gasteiger partial charge in [-0.1, -0.05) is 12.1 Å². The van der Waals surface area contributed by atoms with Crippen LogP contribution in [-0.2, 0) is 14.6 Å². The van der Waals surface area contributed by atoms with E-state index >= 15 is 0 Å². The second-order valence-electron chi connectivity index (χ2n) is 5.75. The summed E-state index contributed by atoms with van der Waals surface area (Å²) < 4.78 is 31.0. The molecule has 0 spiro atoms. The second-order valence-corrected chi connectivity index (χ2v) is 8.59. The van der Waals surface area contributed by atoms with Crippen molar-refractivity contribution >= 4 is 42.8 Å². The maximum atomic E-state index is 12.3. The van der Waals surface area contributed by atoms with Crippen molar-refractivity contribution in [2.75, 3.05) is 6.26 Å². The van der Waals surface area contributed by atoms with Crippen LogP contribution in [0.15, 0.2) is 33.8 Å². The van der Waals surface area contributed by atoms with E-state index in [2.05, 4.69) is 15.9 Å². The molecular formula is C14H16BrNO4S. The molecule has 114 valence electrons. The Bertz CT molecular complexity index is 815. The summed E-state index contributed by atoms with van der Waals surface area (Å²) in [5.41, 5.74) is -0.346. The molecule has 0 atom stereocenters. The molecule has 0 unspecified atom stereocenters. The predicted octanol–water partition coefficient (Wildman–Crippen LogP) is 3.59. The normalized spacial score (nSPS) is 12.6. The molecule has 1 heterocycles. The van der Waals surface area contributed by atoms with Crippen LogP contribution in [0.4, 0.5) is 4.79 Å². The van der Waals surface area contributed by atoms with Gasteiger partial charge in [0.25, 0.3) is 0 Å². The smallest absolute Gasteiger partial charge is 0.419 e. The number of halogens is 1. The number of carbonyl (C=O) groups is 1. The summed E-state index contributed by atoms with van der Waals surface area (Å²) in [7, 11) is -3.47. The largest absolute Gasteiger partial charge is 0.443 e. The molecule has 0 saturated carbocycles. The molecule has 21 heavy (non-hydrogen) atoms. The summed E-state index contributed by atoms with van der Waals surface area (Å²) in [6.07, 6.45) is 2.02. The van der Waals surface area contributed by atoms with E-state index in [1.807, 2.05) is 0 Å². The van der Waals surface area contributed by atoms with Gasteiger partial charge in [-0.15, -0.1) is 0 Å². The standard InChI is InChI=1S/C14H16BrNO4S/c1-14(2,3)20-13(17)16-8-10(15)9-6-5-7-11(12(9)16)21(4,18)19/h5-8H,1-4H3. The van der Waals surface area contributed by atoms with Crippen molar-refractivity contribution < 1.29 is 17.9 Å². The fourth-order valence-electron chi connectivity index (χ4n) is 1.97. The highest BCUT2D eigenvalue weighted by Gasteiger charge is 2.24. The average Bonchev–Trinajstić information content (AvgIpc) is 2.64. The molecule has 0 aliphatic rings. The molecule has 1 aromatic carbocycles. The van der Waals surface area contributed by atoms with E-state index in [9.17, 15) is 13.2 Å². The van der Waals surface area contributed by atoms with E-state index in [4.69, 9.17) is 4.74 Å². The number of fused-ring (bicyclic) bond motifs is 1. The Kier molecular flexibility index (Phi) is 3.92. The zero-order valence-corrected chi connectivity index (χ0v) is 14.6. The summed E-state index contributed by atoms with van der Waals surface area (Å²) in [5.74, 6) is 0. The molecule has 5 nitrogen and oxygen atoms in total. The predicted molar refractivity (Wildman–Crippen MR) is 84.4 cm³/mol. The summed E-state index contributed by atoms with van der Waals surface area (Å²) in [6.45, 7) is 5.26. The van der Waals surface area contributed by atoms with Gasteiger partial charge in [-0.2, -0.15) is 0 Å². The highest BCUT2D eigenvalue weighted by Crippen LogP contribution is 2.31. The van der Waals surface area contributed by atoms with E-state index in [0.29, 0.717) is 15.4 Å². The van der Waals surface area contributed by atoms with Gasteiger partial charge in [-0.25, -0.2) is 13.2 Å². The Labute approximate surface area is 131 Å². The summed E-state index contributed by atoms with van der Waals surface area (Å²) >= 11 is 3.34. The third-order valence-corrected chi connectivity index (χ3v) is 4.49. The van der Waals surface area contributed by atoms with Crippen LogP contribution in [-0.4, -0.2) is 30.9 Å². The Hall–Kier alpha value is -1.34. The monoisotopic (exact) mass is 373 g/mol. The van der Waals surface area contributed by atoms with Gasteiger partial charge in [0, 0.05) is 22.3 Å². The Morgan fingerprint density at radius 2 is 1.90 bits per heavy atom. The number of rotatable bonds is 1. The SMILES string of the molecule is CC(C)(C)OC(=O)n1cc(Br)c2cccc(S(C)(=O)=O)c21. The molecule has 1 aromatic heterocycles. The van der Waals surface area contributed by atoms with Gasteiger partial charge in [0.1, 0.15) is 5.60 Å². The molecule has 0 radical (unpaired) electrons. The van der Waals surface area contributed by atoms with Gasteiger partial charge >= 0.3 is 6.09 Å². The first-order chi connectivity index (χ1) is 9.50. The first-order valence-electron chi connectivity index (χ1n) is 6.24. The van der Waals surface area contributed by atoms with E-state index in [1.54, 1.807) is 32.9 Å². The lowest BCUT2D eigenvalue weighted by atomic mass is 10.2. The number of para-hydroxylation sites is 1. The third kappa shape index (κ3) is 3.29. The molecule has 2 aromatic rings. The van der Waals surface area contributed by atoms with Gasteiger partial charge in [-0.05, 0) is 42.8 Å². The zero-order chi connectivity index (χ0) is 16.0. The lowest BCUT2D eigenvalue weighted by molar-refractivity contribution is 0.0544. The van der Waals surface area contributed by atoms with Crippen molar-refractivity contribution in [1.82, 2.24) is 4.57 Å². The molecule has 0 aliphatic carbocycles. The Morgan fingerprint density at radius 3 is 2.43 bits per heavy atom. The maximum Gasteiger partial charge on any atom is 0.419 e. The summed E-state index contributed by atoms with van der Waals surface area (Å²) in [6, 6.07) is 4.86. The number of nitrogens with zero attached hydrogens (tertiary/aromatic N) is 1. The van der Waals surface area contributed by atoms with Crippen molar-refractivity contribution in [2.45, 2.75) is 31.3 Å². The fraction of sp³-hybridized carbons (Fsp3) is 0.357. The highest BCUT2D eigenvalue weighted by molar-refractivity contribution is 9.10. The Morgan fingerprint density at radius 1 is 1.29 bits per heavy atom.